The first-order valence-electron chi connectivity index (χ1n) is 4.63. The number of pyridine rings is 1. The number of halogens is 5. The van der Waals surface area contributed by atoms with Gasteiger partial charge in [0.15, 0.2) is 0 Å². The van der Waals surface area contributed by atoms with Gasteiger partial charge in [0.1, 0.15) is 0 Å². The minimum absolute atomic E-state index is 0.481. The quantitative estimate of drug-likeness (QED) is 0.556. The molecule has 0 spiro atoms. The maximum Gasteiger partial charge on any atom is 0.416 e. The van der Waals surface area contributed by atoms with Crippen molar-refractivity contribution < 1.29 is 13.2 Å². The Morgan fingerprint density at radius 3 is 2.53 bits per heavy atom. The summed E-state index contributed by atoms with van der Waals surface area (Å²) in [5.41, 5.74) is 0.694. The van der Waals surface area contributed by atoms with Crippen molar-refractivity contribution in [2.45, 2.75) is 13.1 Å². The van der Waals surface area contributed by atoms with Gasteiger partial charge in [-0.15, -0.1) is 0 Å². The van der Waals surface area contributed by atoms with Crippen molar-refractivity contribution in [3.8, 4) is 0 Å². The second-order valence-electron chi connectivity index (χ2n) is 3.55. The van der Waals surface area contributed by atoms with Gasteiger partial charge in [-0.1, -0.05) is 0 Å². The Morgan fingerprint density at radius 2 is 1.94 bits per heavy atom. The molecule has 0 atom stereocenters. The Labute approximate surface area is 118 Å². The van der Waals surface area contributed by atoms with E-state index in [1.165, 1.54) is 6.07 Å². The molecule has 2 rings (SSSR count). The second kappa shape index (κ2) is 4.38. The van der Waals surface area contributed by atoms with Crippen LogP contribution in [0.2, 0.25) is 0 Å². The molecule has 2 aromatic rings. The lowest BCUT2D eigenvalue weighted by atomic mass is 10.1. The van der Waals surface area contributed by atoms with Crippen molar-refractivity contribution in [1.82, 2.24) is 4.98 Å². The number of nitrogens with zero attached hydrogens (tertiary/aromatic N) is 1. The van der Waals surface area contributed by atoms with Crippen LogP contribution in [0.4, 0.5) is 13.2 Å². The highest BCUT2D eigenvalue weighted by atomic mass is 127. The lowest BCUT2D eigenvalue weighted by Gasteiger charge is -2.10. The molecule has 6 heteroatoms. The molecule has 0 aliphatic carbocycles. The summed E-state index contributed by atoms with van der Waals surface area (Å²) in [6.45, 7) is 1.82. The van der Waals surface area contributed by atoms with E-state index < -0.39 is 11.7 Å². The van der Waals surface area contributed by atoms with E-state index in [9.17, 15) is 13.2 Å². The van der Waals surface area contributed by atoms with Gasteiger partial charge >= 0.3 is 6.18 Å². The van der Waals surface area contributed by atoms with E-state index in [1.807, 2.05) is 6.92 Å². The summed E-state index contributed by atoms with van der Waals surface area (Å²) in [6.07, 6.45) is -4.33. The van der Waals surface area contributed by atoms with Gasteiger partial charge in [-0.3, -0.25) is 4.98 Å². The van der Waals surface area contributed by atoms with Crippen LogP contribution in [0.3, 0.4) is 0 Å². The van der Waals surface area contributed by atoms with Crippen LogP contribution in [-0.2, 0) is 6.18 Å². The largest absolute Gasteiger partial charge is 0.416 e. The van der Waals surface area contributed by atoms with Crippen molar-refractivity contribution in [2.75, 3.05) is 0 Å². The highest BCUT2D eigenvalue weighted by molar-refractivity contribution is 14.1. The van der Waals surface area contributed by atoms with Crippen molar-refractivity contribution in [3.63, 3.8) is 0 Å². The zero-order chi connectivity index (χ0) is 12.8. The van der Waals surface area contributed by atoms with Crippen LogP contribution in [0.1, 0.15) is 11.3 Å². The number of benzene rings is 1. The average molecular weight is 416 g/mol. The summed E-state index contributed by atoms with van der Waals surface area (Å²) in [6, 6.07) is 3.56. The van der Waals surface area contributed by atoms with Crippen LogP contribution in [0.15, 0.2) is 22.7 Å². The van der Waals surface area contributed by atoms with Crippen LogP contribution in [0.25, 0.3) is 10.9 Å². The highest BCUT2D eigenvalue weighted by Crippen LogP contribution is 2.35. The minimum atomic E-state index is -4.33. The summed E-state index contributed by atoms with van der Waals surface area (Å²) in [7, 11) is 0. The Bertz CT molecular complexity index is 595. The van der Waals surface area contributed by atoms with E-state index in [-0.39, 0.29) is 0 Å². The molecule has 0 unspecified atom stereocenters. The van der Waals surface area contributed by atoms with E-state index in [0.717, 1.165) is 21.4 Å². The zero-order valence-corrected chi connectivity index (χ0v) is 12.3. The first kappa shape index (κ1) is 13.1. The molecule has 0 N–H and O–H groups in total. The summed E-state index contributed by atoms with van der Waals surface area (Å²) in [4.78, 5) is 4.25. The summed E-state index contributed by atoms with van der Waals surface area (Å²) >= 11 is 5.38. The number of aromatic nitrogens is 1. The summed E-state index contributed by atoms with van der Waals surface area (Å²) in [5.74, 6) is 0. The summed E-state index contributed by atoms with van der Waals surface area (Å²) in [5, 5.41) is 0.481. The Morgan fingerprint density at radius 1 is 1.29 bits per heavy atom. The van der Waals surface area contributed by atoms with Crippen molar-refractivity contribution >= 4 is 49.4 Å². The molecule has 0 saturated carbocycles. The van der Waals surface area contributed by atoms with Gasteiger partial charge in [0.05, 0.1) is 16.8 Å². The predicted molar refractivity (Wildman–Crippen MR) is 71.9 cm³/mol. The van der Waals surface area contributed by atoms with E-state index in [2.05, 4.69) is 43.5 Å². The van der Waals surface area contributed by atoms with Gasteiger partial charge in [-0.05, 0) is 63.6 Å². The minimum Gasteiger partial charge on any atom is -0.252 e. The molecule has 0 bridgehead atoms. The fourth-order valence-corrected chi connectivity index (χ4v) is 2.51. The number of fused-ring (bicyclic) bond motifs is 1. The molecular weight excluding hydrogens is 410 g/mol. The van der Waals surface area contributed by atoms with Gasteiger partial charge in [0.25, 0.3) is 0 Å². The molecule has 1 heterocycles. The zero-order valence-electron chi connectivity index (χ0n) is 8.57. The Kier molecular flexibility index (Phi) is 3.37. The predicted octanol–water partition coefficient (Wildman–Crippen LogP) is 4.93. The third kappa shape index (κ3) is 2.42. The Balaban J connectivity index is 2.78. The molecule has 17 heavy (non-hydrogen) atoms. The lowest BCUT2D eigenvalue weighted by Crippen LogP contribution is -2.05. The molecular formula is C11H6BrF3IN. The third-order valence-corrected chi connectivity index (χ3v) is 5.24. The van der Waals surface area contributed by atoms with Crippen LogP contribution >= 0.6 is 38.5 Å². The van der Waals surface area contributed by atoms with E-state index in [0.29, 0.717) is 15.4 Å². The third-order valence-electron chi connectivity index (χ3n) is 2.36. The van der Waals surface area contributed by atoms with Gasteiger partial charge < -0.3 is 0 Å². The summed E-state index contributed by atoms with van der Waals surface area (Å²) < 4.78 is 39.3. The fraction of sp³-hybridized carbons (Fsp3) is 0.182. The van der Waals surface area contributed by atoms with Crippen LogP contribution in [-0.4, -0.2) is 4.98 Å². The van der Waals surface area contributed by atoms with E-state index in [1.54, 1.807) is 0 Å². The maximum absolute atomic E-state index is 12.6. The molecule has 1 aromatic heterocycles. The molecule has 90 valence electrons. The molecule has 0 fully saturated rings. The molecule has 0 amide bonds. The second-order valence-corrected chi connectivity index (χ2v) is 5.43. The molecule has 1 nitrogen and oxygen atoms in total. The van der Waals surface area contributed by atoms with Crippen molar-refractivity contribution in [1.29, 1.82) is 0 Å². The smallest absolute Gasteiger partial charge is 0.252 e. The van der Waals surface area contributed by atoms with E-state index >= 15 is 0 Å². The van der Waals surface area contributed by atoms with Crippen molar-refractivity contribution in [3.05, 3.63) is 37.5 Å². The topological polar surface area (TPSA) is 12.9 Å². The fourth-order valence-electron chi connectivity index (χ4n) is 1.49. The van der Waals surface area contributed by atoms with Crippen molar-refractivity contribution in [2.24, 2.45) is 0 Å². The number of alkyl halides is 3. The number of rotatable bonds is 0. The average Bonchev–Trinajstić information content (AvgIpc) is 2.24. The lowest BCUT2D eigenvalue weighted by molar-refractivity contribution is -0.137. The van der Waals surface area contributed by atoms with Gasteiger partial charge in [-0.25, -0.2) is 0 Å². The standard InChI is InChI=1S/C11H6BrF3IN/c1-5-10(16)9(12)7-4-6(11(13,14)15)2-3-8(7)17-5/h2-4H,1H3. The maximum atomic E-state index is 12.6. The Hall–Kier alpha value is -0.370. The van der Waals surface area contributed by atoms with Crippen LogP contribution in [0, 0.1) is 10.5 Å². The first-order chi connectivity index (χ1) is 7.80. The van der Waals surface area contributed by atoms with Crippen LogP contribution < -0.4 is 0 Å². The monoisotopic (exact) mass is 415 g/mol. The number of aryl methyl sites for hydroxylation is 1. The normalized spacial score (nSPS) is 12.1. The van der Waals surface area contributed by atoms with E-state index in [4.69, 9.17) is 0 Å². The molecule has 0 radical (unpaired) electrons. The van der Waals surface area contributed by atoms with Crippen LogP contribution in [0.5, 0.6) is 0 Å². The highest BCUT2D eigenvalue weighted by Gasteiger charge is 2.30. The van der Waals surface area contributed by atoms with Gasteiger partial charge in [0, 0.05) is 13.4 Å². The molecule has 1 aromatic carbocycles. The van der Waals surface area contributed by atoms with Gasteiger partial charge in [-0.2, -0.15) is 13.2 Å². The van der Waals surface area contributed by atoms with Gasteiger partial charge in [0.2, 0.25) is 0 Å². The number of hydrogen-bond donors (Lipinski definition) is 0. The first-order valence-corrected chi connectivity index (χ1v) is 6.50. The SMILES string of the molecule is Cc1nc2ccc(C(F)(F)F)cc2c(Br)c1I. The molecule has 0 aliphatic heterocycles. The molecule has 0 saturated heterocycles. The number of hydrogen-bond acceptors (Lipinski definition) is 1. The molecule has 0 aliphatic rings.